The Bertz CT molecular complexity index is 430. The molecule has 1 aromatic rings. The van der Waals surface area contributed by atoms with Gasteiger partial charge in [0, 0.05) is 0 Å². The second-order valence-electron chi connectivity index (χ2n) is 7.80. The Kier molecular flexibility index (Phi) is 16.1. The third kappa shape index (κ3) is 13.6. The first kappa shape index (κ1) is 23.9. The zero-order chi connectivity index (χ0) is 19.4. The molecule has 0 heterocycles. The van der Waals surface area contributed by atoms with Gasteiger partial charge >= 0.3 is 0 Å². The minimum atomic E-state index is 0.790. The van der Waals surface area contributed by atoms with Crippen LogP contribution in [0.25, 0.3) is 0 Å². The number of unbranched alkanes of at least 4 members (excludes halogenated alkanes) is 15. The van der Waals surface area contributed by atoms with Gasteiger partial charge in [-0.3, -0.25) is 0 Å². The molecule has 0 N–H and O–H groups in total. The van der Waals surface area contributed by atoms with Gasteiger partial charge < -0.3 is 9.47 Å². The summed E-state index contributed by atoms with van der Waals surface area (Å²) in [6, 6.07) is 7.89. The van der Waals surface area contributed by atoms with Crippen LogP contribution in [-0.4, -0.2) is 13.7 Å². The Morgan fingerprint density at radius 1 is 0.556 bits per heavy atom. The van der Waals surface area contributed by atoms with Crippen molar-refractivity contribution in [2.45, 2.75) is 110 Å². The molecule has 156 valence electrons. The summed E-state index contributed by atoms with van der Waals surface area (Å²) >= 11 is 0. The molecule has 0 amide bonds. The van der Waals surface area contributed by atoms with Crippen LogP contribution >= 0.6 is 0 Å². The lowest BCUT2D eigenvalue weighted by molar-refractivity contribution is 0.284. The van der Waals surface area contributed by atoms with E-state index in [1.54, 1.807) is 7.11 Å². The third-order valence-corrected chi connectivity index (χ3v) is 5.32. The molecule has 0 radical (unpaired) electrons. The lowest BCUT2D eigenvalue weighted by atomic mass is 10.0. The summed E-state index contributed by atoms with van der Waals surface area (Å²) < 4.78 is 11.1. The first-order valence-electron chi connectivity index (χ1n) is 11.6. The zero-order valence-electron chi connectivity index (χ0n) is 18.1. The summed E-state index contributed by atoms with van der Waals surface area (Å²) in [5.74, 6) is 1.69. The van der Waals surface area contributed by atoms with Crippen LogP contribution in [0.5, 0.6) is 11.5 Å². The number of ether oxygens (including phenoxy) is 2. The molecule has 0 unspecified atom stereocenters. The van der Waals surface area contributed by atoms with Gasteiger partial charge in [0.2, 0.25) is 0 Å². The van der Waals surface area contributed by atoms with Crippen molar-refractivity contribution in [3.63, 3.8) is 0 Å². The number of benzene rings is 1. The molecule has 2 nitrogen and oxygen atoms in total. The molecule has 0 atom stereocenters. The van der Waals surface area contributed by atoms with Gasteiger partial charge in [0.25, 0.3) is 0 Å². The van der Waals surface area contributed by atoms with Crippen LogP contribution in [0.3, 0.4) is 0 Å². The van der Waals surface area contributed by atoms with Crippen LogP contribution in [0.4, 0.5) is 0 Å². The van der Waals surface area contributed by atoms with E-state index in [1.165, 1.54) is 96.3 Å². The number of rotatable bonds is 19. The Morgan fingerprint density at radius 3 is 1.41 bits per heavy atom. The van der Waals surface area contributed by atoms with Gasteiger partial charge in [0.1, 0.15) is 0 Å². The van der Waals surface area contributed by atoms with Gasteiger partial charge in [-0.1, -0.05) is 115 Å². The SMILES string of the molecule is CCCCCCCCCCCCCCCCCCOc1ccccc1OC. The highest BCUT2D eigenvalue weighted by Gasteiger charge is 2.01. The van der Waals surface area contributed by atoms with E-state index in [1.807, 2.05) is 24.3 Å². The van der Waals surface area contributed by atoms with Crippen LogP contribution in [0.1, 0.15) is 110 Å². The largest absolute Gasteiger partial charge is 0.493 e. The molecule has 1 rings (SSSR count). The summed E-state index contributed by atoms with van der Waals surface area (Å²) in [6.07, 6.45) is 22.4. The molecule has 0 aliphatic rings. The minimum absolute atomic E-state index is 0.790. The topological polar surface area (TPSA) is 18.5 Å². The molecule has 2 heteroatoms. The lowest BCUT2D eigenvalue weighted by Crippen LogP contribution is -1.99. The van der Waals surface area contributed by atoms with Gasteiger partial charge in [0.15, 0.2) is 11.5 Å². The molecule has 0 aromatic heterocycles. The summed E-state index contributed by atoms with van der Waals surface area (Å²) in [4.78, 5) is 0. The highest BCUT2D eigenvalue weighted by Crippen LogP contribution is 2.26. The summed E-state index contributed by atoms with van der Waals surface area (Å²) in [7, 11) is 1.69. The van der Waals surface area contributed by atoms with Crippen molar-refractivity contribution in [1.82, 2.24) is 0 Å². The third-order valence-electron chi connectivity index (χ3n) is 5.32. The molecular formula is C25H44O2. The van der Waals surface area contributed by atoms with Crippen molar-refractivity contribution in [3.05, 3.63) is 24.3 Å². The maximum Gasteiger partial charge on any atom is 0.161 e. The van der Waals surface area contributed by atoms with Crippen LogP contribution in [0.15, 0.2) is 24.3 Å². The first-order chi connectivity index (χ1) is 13.4. The maximum atomic E-state index is 5.82. The molecule has 0 fully saturated rings. The Morgan fingerprint density at radius 2 is 0.963 bits per heavy atom. The second kappa shape index (κ2) is 18.2. The van der Waals surface area contributed by atoms with E-state index < -0.39 is 0 Å². The Hall–Kier alpha value is -1.18. The number of methoxy groups -OCH3 is 1. The number of para-hydroxylation sites is 2. The predicted molar refractivity (Wildman–Crippen MR) is 118 cm³/mol. The van der Waals surface area contributed by atoms with Gasteiger partial charge in [-0.25, -0.2) is 0 Å². The molecule has 0 aliphatic carbocycles. The van der Waals surface area contributed by atoms with E-state index in [0.717, 1.165) is 24.5 Å². The smallest absolute Gasteiger partial charge is 0.161 e. The van der Waals surface area contributed by atoms with E-state index in [-0.39, 0.29) is 0 Å². The van der Waals surface area contributed by atoms with Crippen molar-refractivity contribution in [1.29, 1.82) is 0 Å². The van der Waals surface area contributed by atoms with Crippen LogP contribution in [0, 0.1) is 0 Å². The summed E-state index contributed by atoms with van der Waals surface area (Å²) in [5, 5.41) is 0. The molecule has 1 aromatic carbocycles. The van der Waals surface area contributed by atoms with Gasteiger partial charge in [-0.2, -0.15) is 0 Å². The van der Waals surface area contributed by atoms with Gasteiger partial charge in [0.05, 0.1) is 13.7 Å². The van der Waals surface area contributed by atoms with E-state index in [0.29, 0.717) is 0 Å². The van der Waals surface area contributed by atoms with Crippen molar-refractivity contribution in [2.75, 3.05) is 13.7 Å². The van der Waals surface area contributed by atoms with E-state index in [9.17, 15) is 0 Å². The van der Waals surface area contributed by atoms with Gasteiger partial charge in [-0.05, 0) is 18.6 Å². The van der Waals surface area contributed by atoms with Crippen LogP contribution < -0.4 is 9.47 Å². The molecule has 0 spiro atoms. The fourth-order valence-electron chi connectivity index (χ4n) is 3.57. The van der Waals surface area contributed by atoms with Crippen LogP contribution in [-0.2, 0) is 0 Å². The highest BCUT2D eigenvalue weighted by atomic mass is 16.5. The van der Waals surface area contributed by atoms with Crippen molar-refractivity contribution in [2.24, 2.45) is 0 Å². The maximum absolute atomic E-state index is 5.82. The molecule has 0 saturated carbocycles. The molecule has 0 saturated heterocycles. The summed E-state index contributed by atoms with van der Waals surface area (Å²) in [5.41, 5.74) is 0. The number of hydrogen-bond donors (Lipinski definition) is 0. The molecule has 27 heavy (non-hydrogen) atoms. The predicted octanol–water partition coefficient (Wildman–Crippen LogP) is 8.34. The van der Waals surface area contributed by atoms with E-state index in [2.05, 4.69) is 6.92 Å². The molecule has 0 aliphatic heterocycles. The standard InChI is InChI=1S/C25H44O2/c1-3-4-5-6-7-8-9-10-11-12-13-14-15-16-17-20-23-27-25-22-19-18-21-24(25)26-2/h18-19,21-22H,3-17,20,23H2,1-2H3. The number of hydrogen-bond acceptors (Lipinski definition) is 2. The Labute approximate surface area is 169 Å². The Balaban J connectivity index is 1.78. The lowest BCUT2D eigenvalue weighted by Gasteiger charge is -2.10. The molecule has 0 bridgehead atoms. The van der Waals surface area contributed by atoms with E-state index >= 15 is 0 Å². The fourth-order valence-corrected chi connectivity index (χ4v) is 3.57. The average molecular weight is 377 g/mol. The quantitative estimate of drug-likeness (QED) is 0.226. The first-order valence-corrected chi connectivity index (χ1v) is 11.6. The normalized spacial score (nSPS) is 10.9. The van der Waals surface area contributed by atoms with Crippen molar-refractivity contribution < 1.29 is 9.47 Å². The highest BCUT2D eigenvalue weighted by molar-refractivity contribution is 5.39. The van der Waals surface area contributed by atoms with E-state index in [4.69, 9.17) is 9.47 Å². The van der Waals surface area contributed by atoms with Crippen molar-refractivity contribution in [3.8, 4) is 11.5 Å². The second-order valence-corrected chi connectivity index (χ2v) is 7.80. The van der Waals surface area contributed by atoms with Crippen molar-refractivity contribution >= 4 is 0 Å². The molecular weight excluding hydrogens is 332 g/mol. The summed E-state index contributed by atoms with van der Waals surface area (Å²) in [6.45, 7) is 3.08. The van der Waals surface area contributed by atoms with Crippen LogP contribution in [0.2, 0.25) is 0 Å². The fraction of sp³-hybridized carbons (Fsp3) is 0.760. The minimum Gasteiger partial charge on any atom is -0.493 e. The average Bonchev–Trinajstić information content (AvgIpc) is 2.70. The van der Waals surface area contributed by atoms with Gasteiger partial charge in [-0.15, -0.1) is 0 Å². The monoisotopic (exact) mass is 376 g/mol. The zero-order valence-corrected chi connectivity index (χ0v) is 18.1.